The number of hydrogen-bond donors (Lipinski definition) is 0. The number of anilines is 1. The van der Waals surface area contributed by atoms with Crippen LogP contribution in [0.1, 0.15) is 49.4 Å². The van der Waals surface area contributed by atoms with E-state index < -0.39 is 0 Å². The van der Waals surface area contributed by atoms with Crippen molar-refractivity contribution in [3.8, 4) is 5.88 Å². The molecular weight excluding hydrogens is 302 g/mol. The van der Waals surface area contributed by atoms with Gasteiger partial charge in [-0.05, 0) is 46.0 Å². The number of fused-ring (bicyclic) bond motifs is 1. The second kappa shape index (κ2) is 6.42. The van der Waals surface area contributed by atoms with Crippen LogP contribution in [0.3, 0.4) is 0 Å². The van der Waals surface area contributed by atoms with E-state index in [0.29, 0.717) is 18.5 Å². The Kier molecular flexibility index (Phi) is 4.12. The van der Waals surface area contributed by atoms with Gasteiger partial charge in [0.2, 0.25) is 5.88 Å². The van der Waals surface area contributed by atoms with Gasteiger partial charge in [-0.15, -0.1) is 0 Å². The number of rotatable bonds is 4. The molecule has 1 fully saturated rings. The van der Waals surface area contributed by atoms with Gasteiger partial charge in [-0.2, -0.15) is 0 Å². The number of aromatic nitrogens is 4. The highest BCUT2D eigenvalue weighted by Crippen LogP contribution is 2.32. The Hall–Kier alpha value is -2.11. The topological polar surface area (TPSA) is 56.1 Å². The molecule has 1 saturated heterocycles. The van der Waals surface area contributed by atoms with Crippen LogP contribution in [-0.2, 0) is 12.8 Å². The highest BCUT2D eigenvalue weighted by atomic mass is 16.5. The monoisotopic (exact) mass is 327 g/mol. The summed E-state index contributed by atoms with van der Waals surface area (Å²) < 4.78 is 8.00. The molecular formula is C18H25N5O. The third kappa shape index (κ3) is 2.74. The summed E-state index contributed by atoms with van der Waals surface area (Å²) in [7, 11) is 0. The molecule has 1 atom stereocenters. The molecule has 0 N–H and O–H groups in total. The van der Waals surface area contributed by atoms with Gasteiger partial charge in [-0.25, -0.2) is 15.0 Å². The van der Waals surface area contributed by atoms with Gasteiger partial charge < -0.3 is 14.2 Å². The highest BCUT2D eigenvalue weighted by molar-refractivity contribution is 5.42. The summed E-state index contributed by atoms with van der Waals surface area (Å²) >= 11 is 0. The minimum absolute atomic E-state index is 0.491. The van der Waals surface area contributed by atoms with Crippen LogP contribution in [-0.4, -0.2) is 39.2 Å². The maximum Gasteiger partial charge on any atom is 0.218 e. The molecule has 0 bridgehead atoms. The number of ether oxygens (including phenoxy) is 1. The molecule has 1 aliphatic carbocycles. The Morgan fingerprint density at radius 1 is 1.25 bits per heavy atom. The third-order valence-corrected chi connectivity index (χ3v) is 5.12. The largest absolute Gasteiger partial charge is 0.478 e. The minimum Gasteiger partial charge on any atom is -0.478 e. The fourth-order valence-electron chi connectivity index (χ4n) is 4.07. The lowest BCUT2D eigenvalue weighted by atomic mass is 10.0. The SMILES string of the molecule is CCOc1cc(N2CC[C@@H](n3c(C)nc4c3CCCC4)C2)ncn1. The summed E-state index contributed by atoms with van der Waals surface area (Å²) in [6.07, 6.45) is 7.62. The molecule has 24 heavy (non-hydrogen) atoms. The Balaban J connectivity index is 1.55. The molecule has 128 valence electrons. The van der Waals surface area contributed by atoms with Crippen molar-refractivity contribution in [3.63, 3.8) is 0 Å². The van der Waals surface area contributed by atoms with Gasteiger partial charge in [0.25, 0.3) is 0 Å². The van der Waals surface area contributed by atoms with Crippen molar-refractivity contribution in [2.24, 2.45) is 0 Å². The molecule has 2 aromatic heterocycles. The summed E-state index contributed by atoms with van der Waals surface area (Å²) in [5.41, 5.74) is 2.81. The van der Waals surface area contributed by atoms with Crippen LogP contribution in [0.15, 0.2) is 12.4 Å². The molecule has 0 spiro atoms. The standard InChI is InChI=1S/C18H25N5O/c1-3-24-18-10-17(19-12-20-18)22-9-8-14(11-22)23-13(2)21-15-6-4-5-7-16(15)23/h10,12,14H,3-9,11H2,1-2H3/t14-/m1/s1. The van der Waals surface area contributed by atoms with E-state index in [9.17, 15) is 0 Å². The average Bonchev–Trinajstić information content (AvgIpc) is 3.18. The molecule has 0 amide bonds. The number of aryl methyl sites for hydroxylation is 2. The molecule has 6 heteroatoms. The number of imidazole rings is 1. The minimum atomic E-state index is 0.491. The Morgan fingerprint density at radius 2 is 2.12 bits per heavy atom. The van der Waals surface area contributed by atoms with Gasteiger partial charge >= 0.3 is 0 Å². The van der Waals surface area contributed by atoms with Crippen molar-refractivity contribution in [1.29, 1.82) is 0 Å². The van der Waals surface area contributed by atoms with Crippen molar-refractivity contribution >= 4 is 5.82 Å². The summed E-state index contributed by atoms with van der Waals surface area (Å²) in [5, 5.41) is 0. The van der Waals surface area contributed by atoms with Crippen molar-refractivity contribution in [2.45, 2.75) is 52.0 Å². The maximum atomic E-state index is 5.51. The van der Waals surface area contributed by atoms with E-state index in [1.807, 2.05) is 13.0 Å². The predicted molar refractivity (Wildman–Crippen MR) is 92.7 cm³/mol. The first-order valence-electron chi connectivity index (χ1n) is 9.02. The zero-order valence-corrected chi connectivity index (χ0v) is 14.5. The van der Waals surface area contributed by atoms with E-state index >= 15 is 0 Å². The maximum absolute atomic E-state index is 5.51. The Labute approximate surface area is 142 Å². The molecule has 1 aliphatic heterocycles. The van der Waals surface area contributed by atoms with Crippen molar-refractivity contribution < 1.29 is 4.74 Å². The first-order valence-corrected chi connectivity index (χ1v) is 9.02. The normalized spacial score (nSPS) is 20.2. The lowest BCUT2D eigenvalue weighted by Gasteiger charge is -2.21. The van der Waals surface area contributed by atoms with Crippen molar-refractivity contribution in [1.82, 2.24) is 19.5 Å². The second-order valence-electron chi connectivity index (χ2n) is 6.67. The average molecular weight is 327 g/mol. The first kappa shape index (κ1) is 15.4. The zero-order valence-electron chi connectivity index (χ0n) is 14.5. The van der Waals surface area contributed by atoms with E-state index in [1.54, 1.807) is 6.33 Å². The molecule has 0 saturated carbocycles. The fraction of sp³-hybridized carbons (Fsp3) is 0.611. The van der Waals surface area contributed by atoms with E-state index in [0.717, 1.165) is 31.7 Å². The number of nitrogens with zero attached hydrogens (tertiary/aromatic N) is 5. The zero-order chi connectivity index (χ0) is 16.5. The van der Waals surface area contributed by atoms with Crippen LogP contribution in [0.5, 0.6) is 5.88 Å². The van der Waals surface area contributed by atoms with Crippen molar-refractivity contribution in [2.75, 3.05) is 24.6 Å². The summed E-state index contributed by atoms with van der Waals surface area (Å²) in [6.45, 7) is 6.74. The van der Waals surface area contributed by atoms with Crippen molar-refractivity contribution in [3.05, 3.63) is 29.6 Å². The third-order valence-electron chi connectivity index (χ3n) is 5.12. The van der Waals surface area contributed by atoms with Gasteiger partial charge in [-0.3, -0.25) is 0 Å². The molecule has 6 nitrogen and oxygen atoms in total. The van der Waals surface area contributed by atoms with Gasteiger partial charge in [0, 0.05) is 24.8 Å². The summed E-state index contributed by atoms with van der Waals surface area (Å²) in [4.78, 5) is 15.8. The van der Waals surface area contributed by atoms with Crippen LogP contribution in [0.4, 0.5) is 5.82 Å². The molecule has 2 aliphatic rings. The molecule has 3 heterocycles. The van der Waals surface area contributed by atoms with E-state index in [2.05, 4.69) is 26.4 Å². The summed E-state index contributed by atoms with van der Waals surface area (Å²) in [6, 6.07) is 2.44. The van der Waals surface area contributed by atoms with Crippen LogP contribution in [0.2, 0.25) is 0 Å². The molecule has 4 rings (SSSR count). The van der Waals surface area contributed by atoms with E-state index in [4.69, 9.17) is 9.72 Å². The summed E-state index contributed by atoms with van der Waals surface area (Å²) in [5.74, 6) is 2.79. The lowest BCUT2D eigenvalue weighted by molar-refractivity contribution is 0.326. The van der Waals surface area contributed by atoms with Crippen LogP contribution >= 0.6 is 0 Å². The van der Waals surface area contributed by atoms with Crippen LogP contribution in [0.25, 0.3) is 0 Å². The van der Waals surface area contributed by atoms with E-state index in [-0.39, 0.29) is 0 Å². The smallest absolute Gasteiger partial charge is 0.218 e. The highest BCUT2D eigenvalue weighted by Gasteiger charge is 2.29. The molecule has 0 unspecified atom stereocenters. The number of hydrogen-bond acceptors (Lipinski definition) is 5. The quantitative estimate of drug-likeness (QED) is 0.864. The second-order valence-corrected chi connectivity index (χ2v) is 6.67. The Bertz CT molecular complexity index is 726. The van der Waals surface area contributed by atoms with Crippen LogP contribution in [0, 0.1) is 6.92 Å². The predicted octanol–water partition coefficient (Wildman–Crippen LogP) is 2.71. The van der Waals surface area contributed by atoms with Gasteiger partial charge in [0.05, 0.1) is 18.3 Å². The van der Waals surface area contributed by atoms with Crippen LogP contribution < -0.4 is 9.64 Å². The lowest BCUT2D eigenvalue weighted by Crippen LogP contribution is -2.23. The van der Waals surface area contributed by atoms with Gasteiger partial charge in [0.15, 0.2) is 0 Å². The molecule has 2 aromatic rings. The molecule has 0 radical (unpaired) electrons. The Morgan fingerprint density at radius 3 is 3.00 bits per heavy atom. The first-order chi connectivity index (χ1) is 11.8. The fourth-order valence-corrected chi connectivity index (χ4v) is 4.07. The van der Waals surface area contributed by atoms with E-state index in [1.165, 1.54) is 36.5 Å². The van der Waals surface area contributed by atoms with Gasteiger partial charge in [-0.1, -0.05) is 0 Å². The molecule has 0 aromatic carbocycles. The van der Waals surface area contributed by atoms with Gasteiger partial charge in [0.1, 0.15) is 18.0 Å².